The van der Waals surface area contributed by atoms with Gasteiger partial charge in [-0.3, -0.25) is 9.98 Å². The first kappa shape index (κ1) is 11.4. The van der Waals surface area contributed by atoms with Gasteiger partial charge in [0.2, 0.25) is 0 Å². The third kappa shape index (κ3) is 2.93. The van der Waals surface area contributed by atoms with Crippen molar-refractivity contribution in [3.63, 3.8) is 0 Å². The monoisotopic (exact) mass is 232 g/mol. The average Bonchev–Trinajstić information content (AvgIpc) is 2.28. The molecular formula is C13H10F2N2. The van der Waals surface area contributed by atoms with Crippen LogP contribution >= 0.6 is 0 Å². The fraction of sp³-hybridized carbons (Fsp3) is 0.0769. The molecule has 0 aliphatic rings. The molecule has 2 nitrogen and oxygen atoms in total. The lowest BCUT2D eigenvalue weighted by atomic mass is 10.2. The maximum atomic E-state index is 13.0. The van der Waals surface area contributed by atoms with Crippen LogP contribution in [0.1, 0.15) is 12.6 Å². The molecule has 0 atom stereocenters. The molecule has 0 aliphatic heterocycles. The van der Waals surface area contributed by atoms with Gasteiger partial charge in [0.05, 0.1) is 17.1 Å². The highest BCUT2D eigenvalue weighted by Gasteiger charge is 2.01. The van der Waals surface area contributed by atoms with Gasteiger partial charge in [0, 0.05) is 12.3 Å². The number of aliphatic imine (C=N–C) groups is 1. The Kier molecular flexibility index (Phi) is 3.23. The Morgan fingerprint density at radius 2 is 1.82 bits per heavy atom. The van der Waals surface area contributed by atoms with Crippen LogP contribution in [0, 0.1) is 11.6 Å². The third-order valence-electron chi connectivity index (χ3n) is 2.18. The van der Waals surface area contributed by atoms with E-state index in [4.69, 9.17) is 0 Å². The summed E-state index contributed by atoms with van der Waals surface area (Å²) in [6.45, 7) is 1.74. The Bertz CT molecular complexity index is 530. The van der Waals surface area contributed by atoms with Crippen molar-refractivity contribution < 1.29 is 8.78 Å². The van der Waals surface area contributed by atoms with Crippen molar-refractivity contribution >= 4 is 11.4 Å². The molecule has 1 heterocycles. The van der Waals surface area contributed by atoms with E-state index in [1.165, 1.54) is 12.1 Å². The maximum Gasteiger partial charge on any atom is 0.128 e. The molecule has 0 unspecified atom stereocenters. The molecule has 17 heavy (non-hydrogen) atoms. The summed E-state index contributed by atoms with van der Waals surface area (Å²) in [6.07, 6.45) is 1.64. The topological polar surface area (TPSA) is 25.2 Å². The molecule has 4 heteroatoms. The highest BCUT2D eigenvalue weighted by molar-refractivity contribution is 5.98. The van der Waals surface area contributed by atoms with Crippen LogP contribution in [-0.2, 0) is 0 Å². The molecule has 0 saturated heterocycles. The van der Waals surface area contributed by atoms with Crippen molar-refractivity contribution in [2.75, 3.05) is 0 Å². The summed E-state index contributed by atoms with van der Waals surface area (Å²) < 4.78 is 25.9. The molecule has 0 fully saturated rings. The second-order valence-corrected chi connectivity index (χ2v) is 3.54. The molecule has 0 aliphatic carbocycles. The van der Waals surface area contributed by atoms with E-state index in [2.05, 4.69) is 9.98 Å². The van der Waals surface area contributed by atoms with Gasteiger partial charge in [0.15, 0.2) is 0 Å². The summed E-state index contributed by atoms with van der Waals surface area (Å²) in [6, 6.07) is 8.57. The number of halogens is 2. The van der Waals surface area contributed by atoms with E-state index in [0.29, 0.717) is 11.4 Å². The van der Waals surface area contributed by atoms with Gasteiger partial charge < -0.3 is 0 Å². The van der Waals surface area contributed by atoms with Crippen LogP contribution in [0.4, 0.5) is 14.5 Å². The minimum absolute atomic E-state index is 0.241. The van der Waals surface area contributed by atoms with Crippen LogP contribution in [0.2, 0.25) is 0 Å². The zero-order valence-corrected chi connectivity index (χ0v) is 9.19. The third-order valence-corrected chi connectivity index (χ3v) is 2.18. The average molecular weight is 232 g/mol. The normalized spacial score (nSPS) is 11.6. The van der Waals surface area contributed by atoms with Gasteiger partial charge in [-0.2, -0.15) is 0 Å². The predicted octanol–water partition coefficient (Wildman–Crippen LogP) is 3.50. The highest BCUT2D eigenvalue weighted by Crippen LogP contribution is 2.17. The quantitative estimate of drug-likeness (QED) is 0.727. The lowest BCUT2D eigenvalue weighted by Gasteiger charge is -2.00. The van der Waals surface area contributed by atoms with Crippen LogP contribution in [0.5, 0.6) is 0 Å². The molecule has 2 aromatic rings. The smallest absolute Gasteiger partial charge is 0.128 e. The summed E-state index contributed by atoms with van der Waals surface area (Å²) >= 11 is 0. The second kappa shape index (κ2) is 4.82. The van der Waals surface area contributed by atoms with Gasteiger partial charge in [-0.15, -0.1) is 0 Å². The van der Waals surface area contributed by atoms with Crippen molar-refractivity contribution in [2.24, 2.45) is 4.99 Å². The number of nitrogens with zero attached hydrogens (tertiary/aromatic N) is 2. The van der Waals surface area contributed by atoms with Crippen molar-refractivity contribution in [2.45, 2.75) is 6.92 Å². The maximum absolute atomic E-state index is 13.0. The molecular weight excluding hydrogens is 222 g/mol. The first-order valence-electron chi connectivity index (χ1n) is 5.08. The minimum atomic E-state index is -0.641. The minimum Gasteiger partial charge on any atom is -0.255 e. The molecule has 0 N–H and O–H groups in total. The molecule has 0 saturated carbocycles. The summed E-state index contributed by atoms with van der Waals surface area (Å²) in [5, 5.41) is 0. The summed E-state index contributed by atoms with van der Waals surface area (Å²) in [7, 11) is 0. The van der Waals surface area contributed by atoms with Crippen LogP contribution < -0.4 is 0 Å². The number of pyridine rings is 1. The van der Waals surface area contributed by atoms with E-state index in [-0.39, 0.29) is 5.69 Å². The van der Waals surface area contributed by atoms with E-state index in [9.17, 15) is 8.78 Å². The van der Waals surface area contributed by atoms with E-state index < -0.39 is 11.6 Å². The Morgan fingerprint density at radius 3 is 2.41 bits per heavy atom. The number of hydrogen-bond acceptors (Lipinski definition) is 2. The zero-order valence-electron chi connectivity index (χ0n) is 9.19. The van der Waals surface area contributed by atoms with Crippen LogP contribution in [-0.4, -0.2) is 10.7 Å². The molecule has 2 rings (SSSR count). The predicted molar refractivity (Wildman–Crippen MR) is 62.5 cm³/mol. The Hall–Kier alpha value is -2.10. The van der Waals surface area contributed by atoms with Crippen molar-refractivity contribution in [1.82, 2.24) is 4.98 Å². The first-order chi connectivity index (χ1) is 8.15. The van der Waals surface area contributed by atoms with Gasteiger partial charge in [0.25, 0.3) is 0 Å². The summed E-state index contributed by atoms with van der Waals surface area (Å²) in [5.41, 5.74) is 1.53. The highest BCUT2D eigenvalue weighted by atomic mass is 19.1. The van der Waals surface area contributed by atoms with E-state index in [1.54, 1.807) is 25.3 Å². The number of aromatic nitrogens is 1. The van der Waals surface area contributed by atoms with E-state index in [0.717, 1.165) is 6.07 Å². The lowest BCUT2D eigenvalue weighted by Crippen LogP contribution is -1.96. The molecule has 0 bridgehead atoms. The zero-order chi connectivity index (χ0) is 12.3. The Balaban J connectivity index is 2.36. The number of rotatable bonds is 2. The van der Waals surface area contributed by atoms with Crippen LogP contribution in [0.15, 0.2) is 47.6 Å². The van der Waals surface area contributed by atoms with Gasteiger partial charge in [-0.1, -0.05) is 6.07 Å². The van der Waals surface area contributed by atoms with E-state index >= 15 is 0 Å². The van der Waals surface area contributed by atoms with Gasteiger partial charge in [-0.05, 0) is 31.2 Å². The largest absolute Gasteiger partial charge is 0.255 e. The Labute approximate surface area is 97.7 Å². The second-order valence-electron chi connectivity index (χ2n) is 3.54. The lowest BCUT2D eigenvalue weighted by molar-refractivity contribution is 0.584. The Morgan fingerprint density at radius 1 is 1.12 bits per heavy atom. The van der Waals surface area contributed by atoms with E-state index in [1.807, 2.05) is 6.07 Å². The molecule has 1 aromatic heterocycles. The standard InChI is InChI=1S/C13H10F2N2/c1-9(13-4-2-3-5-16-13)17-12-7-10(14)6-11(15)8-12/h2-8H,1H3. The fourth-order valence-electron chi connectivity index (χ4n) is 1.43. The fourth-order valence-corrected chi connectivity index (χ4v) is 1.43. The molecule has 0 spiro atoms. The SMILES string of the molecule is CC(=Nc1cc(F)cc(F)c1)c1ccccn1. The van der Waals surface area contributed by atoms with Crippen molar-refractivity contribution in [3.05, 3.63) is 59.9 Å². The summed E-state index contributed by atoms with van der Waals surface area (Å²) in [4.78, 5) is 8.23. The van der Waals surface area contributed by atoms with Crippen LogP contribution in [0.25, 0.3) is 0 Å². The number of benzene rings is 1. The summed E-state index contributed by atoms with van der Waals surface area (Å²) in [5.74, 6) is -1.28. The van der Waals surface area contributed by atoms with Gasteiger partial charge >= 0.3 is 0 Å². The van der Waals surface area contributed by atoms with Gasteiger partial charge in [-0.25, -0.2) is 8.78 Å². The first-order valence-corrected chi connectivity index (χ1v) is 5.08. The molecule has 1 aromatic carbocycles. The van der Waals surface area contributed by atoms with Crippen LogP contribution in [0.3, 0.4) is 0 Å². The van der Waals surface area contributed by atoms with Gasteiger partial charge in [0.1, 0.15) is 11.6 Å². The molecule has 0 amide bonds. The molecule has 0 radical (unpaired) electrons. The molecule has 86 valence electrons. The van der Waals surface area contributed by atoms with Crippen molar-refractivity contribution in [3.8, 4) is 0 Å². The number of hydrogen-bond donors (Lipinski definition) is 0. The van der Waals surface area contributed by atoms with Crippen molar-refractivity contribution in [1.29, 1.82) is 0 Å².